The van der Waals surface area contributed by atoms with Crippen LogP contribution >= 0.6 is 34.8 Å². The number of fused-ring (bicyclic) bond motifs is 3. The lowest BCUT2D eigenvalue weighted by Gasteiger charge is -2.53. The van der Waals surface area contributed by atoms with E-state index in [4.69, 9.17) is 91.6 Å². The molecule has 19 heteroatoms. The number of hydrogen-bond donors (Lipinski definition) is 3. The molecule has 0 saturated carbocycles. The second-order valence-corrected chi connectivity index (χ2v) is 17.0. The third-order valence-electron chi connectivity index (χ3n) is 9.40. The second kappa shape index (κ2) is 14.9. The fourth-order valence-corrected chi connectivity index (χ4v) is 7.31. The minimum Gasteiger partial charge on any atom is -0.387 e. The molecule has 0 aliphatic carbocycles. The molecule has 0 radical (unpaired) electrons. The van der Waals surface area contributed by atoms with Crippen molar-refractivity contribution in [2.45, 2.75) is 162 Å². The average Bonchev–Trinajstić information content (AvgIpc) is 3.36. The van der Waals surface area contributed by atoms with Gasteiger partial charge in [-0.15, -0.1) is 6.58 Å². The van der Waals surface area contributed by atoms with Crippen LogP contribution in [0.4, 0.5) is 0 Å². The summed E-state index contributed by atoms with van der Waals surface area (Å²) in [5.41, 5.74) is 0. The van der Waals surface area contributed by atoms with Crippen LogP contribution in [0.1, 0.15) is 48.5 Å². The highest BCUT2D eigenvalue weighted by Crippen LogP contribution is 2.43. The molecule has 16 nitrogen and oxygen atoms in total. The van der Waals surface area contributed by atoms with Crippen molar-refractivity contribution < 1.29 is 71.8 Å². The molecule has 0 bridgehead atoms. The van der Waals surface area contributed by atoms with Crippen LogP contribution in [0.15, 0.2) is 12.7 Å². The summed E-state index contributed by atoms with van der Waals surface area (Å²) in [5.74, 6) is -4.11. The number of amides is 1. The number of hydrogen-bond acceptors (Lipinski definition) is 15. The third-order valence-corrected chi connectivity index (χ3v) is 9.92. The zero-order chi connectivity index (χ0) is 37.3. The largest absolute Gasteiger partial charge is 0.387 e. The normalized spacial score (nSPS) is 45.9. The van der Waals surface area contributed by atoms with Gasteiger partial charge in [0.25, 0.3) is 9.70 Å². The summed E-state index contributed by atoms with van der Waals surface area (Å²) in [6.45, 7) is 16.0. The molecule has 0 spiro atoms. The standard InChI is InChI=1S/C32H48Cl3NO15/c1-9-10-40-25-16(36-28(39)32(33,34)35)22(21-15(44-25)12-42-30(5,6)49-21)47-27-24-23(50-31(7,8)51-24)19(13(2)43-27)46-26-18(38)17(37)20-14(45-26)11-41-29(3,4)48-20/h9,13-27,37-38H,1,10-12H2,2-8H3,(H,36,39)/t13-,14+,15+,16+,17+,18+,19-,20+,21+,22+,23+,24+,25+,26+,27-/m0/s1. The molecular formula is C32H48Cl3NO15. The summed E-state index contributed by atoms with van der Waals surface area (Å²) < 4.78 is 71.8. The van der Waals surface area contributed by atoms with Crippen molar-refractivity contribution >= 4 is 40.7 Å². The van der Waals surface area contributed by atoms with Gasteiger partial charge in [-0.25, -0.2) is 0 Å². The first-order valence-electron chi connectivity index (χ1n) is 16.9. The highest BCUT2D eigenvalue weighted by molar-refractivity contribution is 6.76. The van der Waals surface area contributed by atoms with Gasteiger partial charge in [0.05, 0.1) is 25.9 Å². The first-order valence-corrected chi connectivity index (χ1v) is 18.0. The highest BCUT2D eigenvalue weighted by Gasteiger charge is 2.61. The van der Waals surface area contributed by atoms with Crippen LogP contribution in [-0.2, 0) is 61.6 Å². The van der Waals surface area contributed by atoms with E-state index in [1.165, 1.54) is 6.08 Å². The Morgan fingerprint density at radius 3 is 1.96 bits per heavy atom. The van der Waals surface area contributed by atoms with Crippen LogP contribution in [0, 0.1) is 0 Å². The van der Waals surface area contributed by atoms with Gasteiger partial charge in [0.1, 0.15) is 67.1 Å². The SMILES string of the molecule is C=CCO[C@@H]1O[C@@H]2COC(C)(C)O[C@H]2[C@H](O[C@@H]2O[C@@H](C)[C@H](O[C@H]3O[C@@H]4COC(C)(C)O[C@H]4[C@H](O)[C@H]3O)[C@H]3OC(C)(C)O[C@@H]23)[C@H]1NC(=O)C(Cl)(Cl)Cl. The number of carbonyl (C=O) groups excluding carboxylic acids is 1. The molecular weight excluding hydrogens is 745 g/mol. The van der Waals surface area contributed by atoms with Crippen molar-refractivity contribution in [3.63, 3.8) is 0 Å². The lowest BCUT2D eigenvalue weighted by molar-refractivity contribution is -0.402. The molecule has 0 aromatic rings. The zero-order valence-corrected chi connectivity index (χ0v) is 31.7. The summed E-state index contributed by atoms with van der Waals surface area (Å²) in [7, 11) is 0. The molecule has 6 saturated heterocycles. The number of alkyl halides is 3. The van der Waals surface area contributed by atoms with Crippen LogP contribution in [-0.4, -0.2) is 149 Å². The van der Waals surface area contributed by atoms with Crippen molar-refractivity contribution in [2.24, 2.45) is 0 Å². The van der Waals surface area contributed by atoms with Crippen LogP contribution in [0.3, 0.4) is 0 Å². The Morgan fingerprint density at radius 2 is 1.33 bits per heavy atom. The van der Waals surface area contributed by atoms with E-state index in [1.54, 1.807) is 48.5 Å². The van der Waals surface area contributed by atoms with E-state index in [2.05, 4.69) is 11.9 Å². The summed E-state index contributed by atoms with van der Waals surface area (Å²) in [6.07, 6.45) is -12.4. The molecule has 0 aromatic carbocycles. The van der Waals surface area contributed by atoms with Gasteiger partial charge in [-0.1, -0.05) is 40.9 Å². The number of nitrogens with one attached hydrogen (secondary N) is 1. The Morgan fingerprint density at radius 1 is 0.784 bits per heavy atom. The molecule has 15 atom stereocenters. The molecule has 6 rings (SSSR count). The second-order valence-electron chi connectivity index (χ2n) is 14.7. The van der Waals surface area contributed by atoms with Gasteiger partial charge < -0.3 is 72.4 Å². The minimum atomic E-state index is -2.33. The van der Waals surface area contributed by atoms with Crippen molar-refractivity contribution in [2.75, 3.05) is 19.8 Å². The molecule has 0 aromatic heterocycles. The Kier molecular flexibility index (Phi) is 11.7. The maximum atomic E-state index is 13.1. The molecule has 0 unspecified atom stereocenters. The lowest BCUT2D eigenvalue weighted by Crippen LogP contribution is -2.71. The number of aliphatic hydroxyl groups excluding tert-OH is 2. The van der Waals surface area contributed by atoms with Gasteiger partial charge >= 0.3 is 0 Å². The fraction of sp³-hybridized carbons (Fsp3) is 0.906. The van der Waals surface area contributed by atoms with E-state index in [1.807, 2.05) is 0 Å². The van der Waals surface area contributed by atoms with Gasteiger partial charge in [0, 0.05) is 0 Å². The summed E-state index contributed by atoms with van der Waals surface area (Å²) in [4.78, 5) is 13.1. The minimum absolute atomic E-state index is 0.0509. The maximum Gasteiger partial charge on any atom is 0.272 e. The predicted octanol–water partition coefficient (Wildman–Crippen LogP) is 1.55. The Labute approximate surface area is 311 Å². The first-order chi connectivity index (χ1) is 23.7. The molecule has 51 heavy (non-hydrogen) atoms. The smallest absolute Gasteiger partial charge is 0.272 e. The molecule has 6 aliphatic heterocycles. The molecule has 6 aliphatic rings. The summed E-state index contributed by atoms with van der Waals surface area (Å²) in [5, 5.41) is 24.8. The van der Waals surface area contributed by atoms with E-state index < -0.39 is 119 Å². The highest BCUT2D eigenvalue weighted by atomic mass is 35.6. The Hall–Kier alpha value is -0.480. The predicted molar refractivity (Wildman–Crippen MR) is 175 cm³/mol. The van der Waals surface area contributed by atoms with E-state index in [0.29, 0.717) is 0 Å². The van der Waals surface area contributed by atoms with Gasteiger partial charge in [0.15, 0.2) is 36.2 Å². The number of ether oxygens (including phenoxy) is 12. The van der Waals surface area contributed by atoms with Gasteiger partial charge in [-0.3, -0.25) is 4.79 Å². The monoisotopic (exact) mass is 791 g/mol. The van der Waals surface area contributed by atoms with Crippen LogP contribution < -0.4 is 5.32 Å². The number of carbonyl (C=O) groups is 1. The van der Waals surface area contributed by atoms with Gasteiger partial charge in [-0.2, -0.15) is 0 Å². The number of rotatable bonds is 8. The number of aliphatic hydroxyl groups is 2. The van der Waals surface area contributed by atoms with E-state index in [0.717, 1.165) is 0 Å². The van der Waals surface area contributed by atoms with Crippen molar-refractivity contribution in [3.05, 3.63) is 12.7 Å². The van der Waals surface area contributed by atoms with E-state index in [9.17, 15) is 15.0 Å². The van der Waals surface area contributed by atoms with Crippen LogP contribution in [0.25, 0.3) is 0 Å². The summed E-state index contributed by atoms with van der Waals surface area (Å²) in [6, 6.07) is -1.10. The number of halogens is 3. The van der Waals surface area contributed by atoms with Gasteiger partial charge in [0.2, 0.25) is 0 Å². The quantitative estimate of drug-likeness (QED) is 0.238. The fourth-order valence-electron chi connectivity index (χ4n) is 7.14. The first kappa shape index (κ1) is 40.2. The van der Waals surface area contributed by atoms with Crippen LogP contribution in [0.5, 0.6) is 0 Å². The molecule has 6 fully saturated rings. The third kappa shape index (κ3) is 8.68. The van der Waals surface area contributed by atoms with Gasteiger partial charge in [-0.05, 0) is 48.5 Å². The van der Waals surface area contributed by atoms with E-state index in [-0.39, 0.29) is 19.8 Å². The topological polar surface area (TPSA) is 180 Å². The Bertz CT molecular complexity index is 1270. The molecule has 6 heterocycles. The average molecular weight is 793 g/mol. The molecule has 292 valence electrons. The Balaban J connectivity index is 1.26. The van der Waals surface area contributed by atoms with Crippen molar-refractivity contribution in [1.29, 1.82) is 0 Å². The lowest BCUT2D eigenvalue weighted by atomic mass is 9.94. The van der Waals surface area contributed by atoms with Crippen LogP contribution in [0.2, 0.25) is 0 Å². The molecule has 1 amide bonds. The maximum absolute atomic E-state index is 13.1. The molecule has 3 N–H and O–H groups in total. The van der Waals surface area contributed by atoms with E-state index >= 15 is 0 Å². The summed E-state index contributed by atoms with van der Waals surface area (Å²) >= 11 is 17.9. The van der Waals surface area contributed by atoms with Crippen molar-refractivity contribution in [1.82, 2.24) is 5.32 Å². The zero-order valence-electron chi connectivity index (χ0n) is 29.4. The van der Waals surface area contributed by atoms with Crippen molar-refractivity contribution in [3.8, 4) is 0 Å².